The maximum absolute atomic E-state index is 11.0. The van der Waals surface area contributed by atoms with E-state index in [9.17, 15) is 20.1 Å². The standard InChI is InChI=1S/C7H12O7/c1-13-6(11)7(12)5(10)4(9)3(8)2-14-7/h3-5,8-10,12H,2H2,1H3/t3-,4-,5+,7-/m1/s1. The van der Waals surface area contributed by atoms with Crippen molar-refractivity contribution in [2.45, 2.75) is 24.1 Å². The summed E-state index contributed by atoms with van der Waals surface area (Å²) < 4.78 is 8.71. The third kappa shape index (κ3) is 1.60. The van der Waals surface area contributed by atoms with Crippen molar-refractivity contribution < 1.29 is 34.7 Å². The van der Waals surface area contributed by atoms with E-state index in [-0.39, 0.29) is 0 Å². The van der Waals surface area contributed by atoms with Crippen molar-refractivity contribution >= 4 is 5.97 Å². The molecule has 0 aromatic rings. The van der Waals surface area contributed by atoms with Crippen LogP contribution in [0.2, 0.25) is 0 Å². The Balaban J connectivity index is 2.85. The molecule has 7 nitrogen and oxygen atoms in total. The molecule has 0 amide bonds. The van der Waals surface area contributed by atoms with Crippen molar-refractivity contribution in [2.75, 3.05) is 13.7 Å². The van der Waals surface area contributed by atoms with Gasteiger partial charge in [-0.05, 0) is 0 Å². The van der Waals surface area contributed by atoms with Crippen LogP contribution in [0.25, 0.3) is 0 Å². The van der Waals surface area contributed by atoms with Crippen LogP contribution in [0.3, 0.4) is 0 Å². The Morgan fingerprint density at radius 3 is 2.57 bits per heavy atom. The van der Waals surface area contributed by atoms with Crippen molar-refractivity contribution in [1.29, 1.82) is 0 Å². The number of ether oxygens (including phenoxy) is 2. The van der Waals surface area contributed by atoms with E-state index in [4.69, 9.17) is 5.11 Å². The second-order valence-corrected chi connectivity index (χ2v) is 3.00. The molecule has 1 aliphatic rings. The Hall–Kier alpha value is -0.730. The van der Waals surface area contributed by atoms with Gasteiger partial charge in [-0.3, -0.25) is 0 Å². The number of esters is 1. The Morgan fingerprint density at radius 1 is 1.50 bits per heavy atom. The molecule has 0 unspecified atom stereocenters. The van der Waals surface area contributed by atoms with Crippen LogP contribution in [-0.2, 0) is 14.3 Å². The van der Waals surface area contributed by atoms with E-state index >= 15 is 0 Å². The van der Waals surface area contributed by atoms with E-state index < -0.39 is 36.7 Å². The van der Waals surface area contributed by atoms with Gasteiger partial charge >= 0.3 is 5.97 Å². The van der Waals surface area contributed by atoms with E-state index in [1.54, 1.807) is 0 Å². The number of carbonyl (C=O) groups excluding carboxylic acids is 1. The van der Waals surface area contributed by atoms with Crippen LogP contribution < -0.4 is 0 Å². The van der Waals surface area contributed by atoms with Gasteiger partial charge in [-0.1, -0.05) is 0 Å². The minimum absolute atomic E-state index is 0.468. The van der Waals surface area contributed by atoms with Crippen molar-refractivity contribution in [3.05, 3.63) is 0 Å². The quantitative estimate of drug-likeness (QED) is 0.338. The minimum atomic E-state index is -2.62. The molecule has 7 heteroatoms. The summed E-state index contributed by atoms with van der Waals surface area (Å²) in [4.78, 5) is 11.0. The predicted molar refractivity (Wildman–Crippen MR) is 40.9 cm³/mol. The number of rotatable bonds is 1. The molecule has 4 N–H and O–H groups in total. The highest BCUT2D eigenvalue weighted by Crippen LogP contribution is 2.24. The summed E-state index contributed by atoms with van der Waals surface area (Å²) >= 11 is 0. The number of hydrogen-bond donors (Lipinski definition) is 4. The first-order valence-corrected chi connectivity index (χ1v) is 3.92. The largest absolute Gasteiger partial charge is 0.465 e. The SMILES string of the molecule is COC(=O)[C@]1(O)OC[C@@H](O)[C@@H](O)[C@@H]1O. The lowest BCUT2D eigenvalue weighted by Gasteiger charge is -2.39. The van der Waals surface area contributed by atoms with Gasteiger partial charge in [-0.25, -0.2) is 4.79 Å². The van der Waals surface area contributed by atoms with Crippen molar-refractivity contribution in [3.8, 4) is 0 Å². The topological polar surface area (TPSA) is 116 Å². The molecule has 0 aromatic carbocycles. The lowest BCUT2D eigenvalue weighted by Crippen LogP contribution is -2.64. The summed E-state index contributed by atoms with van der Waals surface area (Å²) in [6.07, 6.45) is -4.96. The fourth-order valence-corrected chi connectivity index (χ4v) is 1.16. The summed E-state index contributed by atoms with van der Waals surface area (Å²) in [7, 11) is 0.994. The second kappa shape index (κ2) is 3.79. The molecule has 1 saturated heterocycles. The molecule has 1 heterocycles. The average molecular weight is 208 g/mol. The third-order valence-corrected chi connectivity index (χ3v) is 2.07. The van der Waals surface area contributed by atoms with Gasteiger partial charge in [0.2, 0.25) is 0 Å². The number of hydrogen-bond acceptors (Lipinski definition) is 7. The number of methoxy groups -OCH3 is 1. The lowest BCUT2D eigenvalue weighted by molar-refractivity contribution is -0.312. The van der Waals surface area contributed by atoms with Crippen LogP contribution in [0.15, 0.2) is 0 Å². The highest BCUT2D eigenvalue weighted by Gasteiger charge is 2.54. The van der Waals surface area contributed by atoms with Crippen LogP contribution in [0.4, 0.5) is 0 Å². The molecule has 0 radical (unpaired) electrons. The van der Waals surface area contributed by atoms with Gasteiger partial charge in [-0.2, -0.15) is 0 Å². The Bertz CT molecular complexity index is 230. The number of aliphatic hydroxyl groups excluding tert-OH is 3. The lowest BCUT2D eigenvalue weighted by atomic mass is 9.97. The fraction of sp³-hybridized carbons (Fsp3) is 0.857. The van der Waals surface area contributed by atoms with Gasteiger partial charge in [0.25, 0.3) is 5.79 Å². The summed E-state index contributed by atoms with van der Waals surface area (Å²) in [5.74, 6) is -3.84. The Labute approximate surface area is 79.5 Å². The zero-order chi connectivity index (χ0) is 10.9. The molecular weight excluding hydrogens is 196 g/mol. The molecule has 14 heavy (non-hydrogen) atoms. The third-order valence-electron chi connectivity index (χ3n) is 2.07. The molecular formula is C7H12O7. The summed E-state index contributed by atoms with van der Waals surface area (Å²) in [6.45, 7) is -0.468. The molecule has 0 aromatic heterocycles. The van der Waals surface area contributed by atoms with Gasteiger partial charge in [0.15, 0.2) is 0 Å². The molecule has 4 atom stereocenters. The maximum Gasteiger partial charge on any atom is 0.369 e. The predicted octanol–water partition coefficient (Wildman–Crippen LogP) is -3.04. The molecule has 0 spiro atoms. The molecule has 1 fully saturated rings. The zero-order valence-electron chi connectivity index (χ0n) is 7.45. The summed E-state index contributed by atoms with van der Waals surface area (Å²) in [6, 6.07) is 0. The van der Waals surface area contributed by atoms with Gasteiger partial charge in [-0.15, -0.1) is 0 Å². The van der Waals surface area contributed by atoms with Crippen LogP contribution >= 0.6 is 0 Å². The Kier molecular flexibility index (Phi) is 3.07. The first kappa shape index (κ1) is 11.3. The highest BCUT2D eigenvalue weighted by molar-refractivity contribution is 5.78. The van der Waals surface area contributed by atoms with E-state index in [1.807, 2.05) is 0 Å². The normalized spacial score (nSPS) is 43.4. The van der Waals surface area contributed by atoms with Crippen LogP contribution in [-0.4, -0.2) is 64.2 Å². The Morgan fingerprint density at radius 2 is 2.07 bits per heavy atom. The number of aliphatic hydroxyl groups is 4. The molecule has 82 valence electrons. The van der Waals surface area contributed by atoms with Crippen molar-refractivity contribution in [3.63, 3.8) is 0 Å². The molecule has 1 rings (SSSR count). The fourth-order valence-electron chi connectivity index (χ4n) is 1.16. The van der Waals surface area contributed by atoms with Crippen LogP contribution in [0, 0.1) is 0 Å². The average Bonchev–Trinajstić information content (AvgIpc) is 2.19. The highest BCUT2D eigenvalue weighted by atomic mass is 16.7. The smallest absolute Gasteiger partial charge is 0.369 e. The van der Waals surface area contributed by atoms with Gasteiger partial charge in [0.1, 0.15) is 18.3 Å². The van der Waals surface area contributed by atoms with Crippen LogP contribution in [0.1, 0.15) is 0 Å². The van der Waals surface area contributed by atoms with Crippen molar-refractivity contribution in [1.82, 2.24) is 0 Å². The van der Waals surface area contributed by atoms with E-state index in [2.05, 4.69) is 9.47 Å². The molecule has 1 aliphatic heterocycles. The monoisotopic (exact) mass is 208 g/mol. The zero-order valence-corrected chi connectivity index (χ0v) is 7.45. The molecule has 0 aliphatic carbocycles. The van der Waals surface area contributed by atoms with Crippen LogP contribution in [0.5, 0.6) is 0 Å². The minimum Gasteiger partial charge on any atom is -0.465 e. The summed E-state index contributed by atoms with van der Waals surface area (Å²) in [5.41, 5.74) is 0. The first-order chi connectivity index (χ1) is 6.43. The number of carbonyl (C=O) groups is 1. The van der Waals surface area contributed by atoms with E-state index in [0.29, 0.717) is 0 Å². The van der Waals surface area contributed by atoms with Gasteiger partial charge in [0, 0.05) is 0 Å². The van der Waals surface area contributed by atoms with E-state index in [0.717, 1.165) is 7.11 Å². The van der Waals surface area contributed by atoms with Gasteiger partial charge in [0.05, 0.1) is 13.7 Å². The maximum atomic E-state index is 11.0. The molecule has 0 saturated carbocycles. The molecule has 0 bridgehead atoms. The van der Waals surface area contributed by atoms with E-state index in [1.165, 1.54) is 0 Å². The second-order valence-electron chi connectivity index (χ2n) is 3.00. The van der Waals surface area contributed by atoms with Crippen molar-refractivity contribution in [2.24, 2.45) is 0 Å². The first-order valence-electron chi connectivity index (χ1n) is 3.92. The van der Waals surface area contributed by atoms with Gasteiger partial charge < -0.3 is 29.9 Å². The summed E-state index contributed by atoms with van der Waals surface area (Å²) in [5, 5.41) is 37.0.